The lowest BCUT2D eigenvalue weighted by atomic mass is 10.0. The number of hydrogen-bond donors (Lipinski definition) is 2. The first-order chi connectivity index (χ1) is 6.84. The molecule has 0 unspecified atom stereocenters. The van der Waals surface area contributed by atoms with Crippen molar-refractivity contribution in [1.82, 2.24) is 10.6 Å². The van der Waals surface area contributed by atoms with E-state index < -0.39 is 0 Å². The van der Waals surface area contributed by atoms with Crippen molar-refractivity contribution in [1.29, 1.82) is 0 Å². The van der Waals surface area contributed by atoms with E-state index in [4.69, 9.17) is 0 Å². The van der Waals surface area contributed by atoms with Crippen LogP contribution in [0.15, 0.2) is 0 Å². The van der Waals surface area contributed by atoms with Crippen LogP contribution in [0.3, 0.4) is 0 Å². The molecule has 1 saturated heterocycles. The van der Waals surface area contributed by atoms with Gasteiger partial charge in [0.2, 0.25) is 5.91 Å². The van der Waals surface area contributed by atoms with Crippen LogP contribution in [0.25, 0.3) is 0 Å². The second-order valence-corrected chi connectivity index (χ2v) is 4.61. The van der Waals surface area contributed by atoms with E-state index in [0.717, 1.165) is 25.9 Å². The number of amides is 1. The van der Waals surface area contributed by atoms with Gasteiger partial charge >= 0.3 is 0 Å². The lowest BCUT2D eigenvalue weighted by Gasteiger charge is -2.13. The molecule has 1 saturated carbocycles. The molecule has 0 bridgehead atoms. The summed E-state index contributed by atoms with van der Waals surface area (Å²) in [5.41, 5.74) is 0. The first-order valence-corrected chi connectivity index (χ1v) is 5.84. The Hall–Kier alpha value is -0.570. The fraction of sp³-hybridized carbons (Fsp3) is 0.909. The molecule has 2 aliphatic rings. The van der Waals surface area contributed by atoms with Crippen molar-refractivity contribution >= 4 is 5.91 Å². The number of carbonyl (C=O) groups is 1. The molecule has 1 aliphatic heterocycles. The standard InChI is InChI=1S/C11H20N2O/c14-11(7-9-3-1-2-4-9)13-10-5-6-12-8-10/h9-10,12H,1-8H2,(H,13,14)/t10-/m1/s1. The third-order valence-electron chi connectivity index (χ3n) is 3.37. The van der Waals surface area contributed by atoms with Crippen LogP contribution in [0, 0.1) is 5.92 Å². The van der Waals surface area contributed by atoms with Gasteiger partial charge in [0, 0.05) is 19.0 Å². The molecule has 1 heterocycles. The average molecular weight is 196 g/mol. The van der Waals surface area contributed by atoms with Gasteiger partial charge in [-0.15, -0.1) is 0 Å². The molecule has 2 fully saturated rings. The molecule has 0 spiro atoms. The molecule has 0 radical (unpaired) electrons. The van der Waals surface area contributed by atoms with Crippen molar-refractivity contribution in [3.63, 3.8) is 0 Å². The van der Waals surface area contributed by atoms with E-state index in [-0.39, 0.29) is 5.91 Å². The van der Waals surface area contributed by atoms with Crippen LogP contribution in [-0.2, 0) is 4.79 Å². The summed E-state index contributed by atoms with van der Waals surface area (Å²) in [7, 11) is 0. The van der Waals surface area contributed by atoms with Gasteiger partial charge in [0.05, 0.1) is 0 Å². The van der Waals surface area contributed by atoms with Gasteiger partial charge in [-0.3, -0.25) is 4.79 Å². The number of carbonyl (C=O) groups excluding carboxylic acids is 1. The second kappa shape index (κ2) is 4.78. The van der Waals surface area contributed by atoms with Crippen molar-refractivity contribution in [3.05, 3.63) is 0 Å². The summed E-state index contributed by atoms with van der Waals surface area (Å²) in [5, 5.41) is 6.36. The van der Waals surface area contributed by atoms with E-state index in [1.165, 1.54) is 25.7 Å². The molecule has 0 aromatic heterocycles. The number of hydrogen-bond acceptors (Lipinski definition) is 2. The summed E-state index contributed by atoms with van der Waals surface area (Å²) in [6, 6.07) is 0.393. The topological polar surface area (TPSA) is 41.1 Å². The molecule has 0 aromatic rings. The quantitative estimate of drug-likeness (QED) is 0.708. The van der Waals surface area contributed by atoms with E-state index in [0.29, 0.717) is 12.0 Å². The molecule has 14 heavy (non-hydrogen) atoms. The predicted octanol–water partition coefficient (Wildman–Crippen LogP) is 1.04. The van der Waals surface area contributed by atoms with Crippen LogP contribution >= 0.6 is 0 Å². The third-order valence-corrected chi connectivity index (χ3v) is 3.37. The maximum Gasteiger partial charge on any atom is 0.220 e. The lowest BCUT2D eigenvalue weighted by molar-refractivity contribution is -0.122. The summed E-state index contributed by atoms with van der Waals surface area (Å²) >= 11 is 0. The first kappa shape index (κ1) is 9.97. The highest BCUT2D eigenvalue weighted by molar-refractivity contribution is 5.76. The summed E-state index contributed by atoms with van der Waals surface area (Å²) in [4.78, 5) is 11.6. The molecule has 0 aromatic carbocycles. The van der Waals surface area contributed by atoms with Crippen molar-refractivity contribution in [2.75, 3.05) is 13.1 Å². The van der Waals surface area contributed by atoms with Crippen molar-refractivity contribution in [2.45, 2.75) is 44.6 Å². The molecule has 1 aliphatic carbocycles. The normalized spacial score (nSPS) is 28.1. The van der Waals surface area contributed by atoms with Crippen LogP contribution in [-0.4, -0.2) is 25.0 Å². The summed E-state index contributed by atoms with van der Waals surface area (Å²) in [6.07, 6.45) is 7.02. The van der Waals surface area contributed by atoms with Gasteiger partial charge in [-0.25, -0.2) is 0 Å². The zero-order valence-electron chi connectivity index (χ0n) is 8.72. The minimum absolute atomic E-state index is 0.269. The Balaban J connectivity index is 1.66. The van der Waals surface area contributed by atoms with Crippen LogP contribution in [0.5, 0.6) is 0 Å². The highest BCUT2D eigenvalue weighted by Crippen LogP contribution is 2.27. The first-order valence-electron chi connectivity index (χ1n) is 5.84. The summed E-state index contributed by atoms with van der Waals surface area (Å²) in [6.45, 7) is 2.00. The number of nitrogens with one attached hydrogen (secondary N) is 2. The van der Waals surface area contributed by atoms with E-state index >= 15 is 0 Å². The fourth-order valence-corrected chi connectivity index (χ4v) is 2.54. The third kappa shape index (κ3) is 2.71. The summed E-state index contributed by atoms with van der Waals surface area (Å²) < 4.78 is 0. The maximum absolute atomic E-state index is 11.6. The Morgan fingerprint density at radius 3 is 2.71 bits per heavy atom. The smallest absolute Gasteiger partial charge is 0.220 e. The Labute approximate surface area is 85.6 Å². The molecule has 80 valence electrons. The Kier molecular flexibility index (Phi) is 3.40. The largest absolute Gasteiger partial charge is 0.352 e. The summed E-state index contributed by atoms with van der Waals surface area (Å²) in [5.74, 6) is 0.940. The zero-order chi connectivity index (χ0) is 9.80. The average Bonchev–Trinajstić information content (AvgIpc) is 2.76. The van der Waals surface area contributed by atoms with E-state index in [1.807, 2.05) is 0 Å². The Morgan fingerprint density at radius 1 is 1.29 bits per heavy atom. The molecule has 3 nitrogen and oxygen atoms in total. The predicted molar refractivity (Wildman–Crippen MR) is 56.0 cm³/mol. The van der Waals surface area contributed by atoms with Crippen LogP contribution in [0.2, 0.25) is 0 Å². The van der Waals surface area contributed by atoms with E-state index in [1.54, 1.807) is 0 Å². The second-order valence-electron chi connectivity index (χ2n) is 4.61. The molecule has 2 rings (SSSR count). The van der Waals surface area contributed by atoms with Gasteiger partial charge < -0.3 is 10.6 Å². The van der Waals surface area contributed by atoms with Crippen molar-refractivity contribution in [3.8, 4) is 0 Å². The SMILES string of the molecule is O=C(CC1CCCC1)N[C@@H]1CCNC1. The van der Waals surface area contributed by atoms with Gasteiger partial charge in [0.15, 0.2) is 0 Å². The fourth-order valence-electron chi connectivity index (χ4n) is 2.54. The molecule has 1 atom stereocenters. The Bertz CT molecular complexity index is 173. The molecule has 3 heteroatoms. The van der Waals surface area contributed by atoms with Crippen molar-refractivity contribution < 1.29 is 4.79 Å². The van der Waals surface area contributed by atoms with Crippen LogP contribution < -0.4 is 10.6 Å². The van der Waals surface area contributed by atoms with E-state index in [2.05, 4.69) is 10.6 Å². The van der Waals surface area contributed by atoms with E-state index in [9.17, 15) is 4.79 Å². The zero-order valence-corrected chi connectivity index (χ0v) is 8.72. The molecular formula is C11H20N2O. The number of rotatable bonds is 3. The van der Waals surface area contributed by atoms with Gasteiger partial charge in [-0.1, -0.05) is 12.8 Å². The monoisotopic (exact) mass is 196 g/mol. The van der Waals surface area contributed by atoms with Crippen molar-refractivity contribution in [2.24, 2.45) is 5.92 Å². The lowest BCUT2D eigenvalue weighted by Crippen LogP contribution is -2.36. The molecule has 1 amide bonds. The van der Waals surface area contributed by atoms with Gasteiger partial charge in [-0.05, 0) is 31.7 Å². The maximum atomic E-state index is 11.6. The minimum atomic E-state index is 0.269. The van der Waals surface area contributed by atoms with Gasteiger partial charge in [0.1, 0.15) is 0 Å². The van der Waals surface area contributed by atoms with Gasteiger partial charge in [-0.2, -0.15) is 0 Å². The van der Waals surface area contributed by atoms with Crippen LogP contribution in [0.1, 0.15) is 38.5 Å². The molecule has 2 N–H and O–H groups in total. The Morgan fingerprint density at radius 2 is 2.07 bits per heavy atom. The molecular weight excluding hydrogens is 176 g/mol. The van der Waals surface area contributed by atoms with Crippen LogP contribution in [0.4, 0.5) is 0 Å². The highest BCUT2D eigenvalue weighted by atomic mass is 16.1. The highest BCUT2D eigenvalue weighted by Gasteiger charge is 2.21. The van der Waals surface area contributed by atoms with Gasteiger partial charge in [0.25, 0.3) is 0 Å². The minimum Gasteiger partial charge on any atom is -0.352 e.